The Labute approximate surface area is 101 Å². The van der Waals surface area contributed by atoms with Gasteiger partial charge >= 0.3 is 0 Å². The summed E-state index contributed by atoms with van der Waals surface area (Å²) in [6, 6.07) is 5.82. The molecule has 2 aromatic heterocycles. The second kappa shape index (κ2) is 4.33. The van der Waals surface area contributed by atoms with E-state index in [0.29, 0.717) is 0 Å². The van der Waals surface area contributed by atoms with Crippen molar-refractivity contribution < 1.29 is 4.79 Å². The third-order valence-electron chi connectivity index (χ3n) is 2.22. The molecule has 0 atom stereocenters. The molecule has 2 rings (SSSR count). The molecule has 0 saturated carbocycles. The summed E-state index contributed by atoms with van der Waals surface area (Å²) in [6.45, 7) is 2.33. The fraction of sp³-hybridized carbons (Fsp3) is 0.182. The molecule has 2 nitrogen and oxygen atoms in total. The van der Waals surface area contributed by atoms with E-state index in [0.717, 1.165) is 16.0 Å². The van der Waals surface area contributed by atoms with Gasteiger partial charge in [0.15, 0.2) is 5.78 Å². The van der Waals surface area contributed by atoms with E-state index in [9.17, 15) is 4.79 Å². The maximum absolute atomic E-state index is 11.3. The van der Waals surface area contributed by atoms with Gasteiger partial charge in [-0.1, -0.05) is 0 Å². The number of thiophene rings is 1. The van der Waals surface area contributed by atoms with Crippen LogP contribution < -0.4 is 0 Å². The molecule has 4 heteroatoms. The van der Waals surface area contributed by atoms with Crippen molar-refractivity contribution in [2.45, 2.75) is 13.5 Å². The molecule has 0 N–H and O–H groups in total. The summed E-state index contributed by atoms with van der Waals surface area (Å²) in [5, 5.41) is 2.04. The van der Waals surface area contributed by atoms with E-state index in [-0.39, 0.29) is 5.78 Å². The number of carbonyl (C=O) groups excluding carboxylic acids is 1. The lowest BCUT2D eigenvalue weighted by atomic mass is 10.3. The van der Waals surface area contributed by atoms with Crippen LogP contribution in [-0.4, -0.2) is 10.4 Å². The maximum atomic E-state index is 11.3. The smallest absolute Gasteiger partial charge is 0.176 e. The first-order chi connectivity index (χ1) is 7.18. The summed E-state index contributed by atoms with van der Waals surface area (Å²) in [4.78, 5) is 11.3. The molecule has 0 aliphatic heterocycles. The molecule has 0 bridgehead atoms. The van der Waals surface area contributed by atoms with Gasteiger partial charge in [0.25, 0.3) is 0 Å². The number of carbonyl (C=O) groups is 1. The SMILES string of the molecule is CC(=O)c1cccn1Cc1ccsc1Br. The van der Waals surface area contributed by atoms with Crippen LogP contribution in [0.3, 0.4) is 0 Å². The number of aromatic nitrogens is 1. The van der Waals surface area contributed by atoms with Gasteiger partial charge in [0.2, 0.25) is 0 Å². The molecular weight excluding hydrogens is 274 g/mol. The van der Waals surface area contributed by atoms with Crippen molar-refractivity contribution in [2.75, 3.05) is 0 Å². The van der Waals surface area contributed by atoms with Crippen molar-refractivity contribution in [2.24, 2.45) is 0 Å². The highest BCUT2D eigenvalue weighted by Crippen LogP contribution is 2.24. The average Bonchev–Trinajstić information content (AvgIpc) is 2.77. The first kappa shape index (κ1) is 10.6. The van der Waals surface area contributed by atoms with Crippen molar-refractivity contribution >= 4 is 33.0 Å². The molecule has 0 unspecified atom stereocenters. The minimum Gasteiger partial charge on any atom is -0.341 e. The van der Waals surface area contributed by atoms with Crippen molar-refractivity contribution in [3.05, 3.63) is 44.8 Å². The van der Waals surface area contributed by atoms with E-state index in [1.807, 2.05) is 28.3 Å². The minimum atomic E-state index is 0.103. The van der Waals surface area contributed by atoms with Gasteiger partial charge in [-0.15, -0.1) is 11.3 Å². The number of ketones is 1. The molecule has 2 aromatic rings. The molecule has 0 amide bonds. The average molecular weight is 284 g/mol. The molecule has 78 valence electrons. The Balaban J connectivity index is 2.28. The van der Waals surface area contributed by atoms with E-state index < -0.39 is 0 Å². The first-order valence-electron chi connectivity index (χ1n) is 4.56. The molecule has 0 aliphatic carbocycles. The molecule has 15 heavy (non-hydrogen) atoms. The second-order valence-electron chi connectivity index (χ2n) is 3.30. The lowest BCUT2D eigenvalue weighted by Gasteiger charge is -2.05. The molecule has 0 spiro atoms. The summed E-state index contributed by atoms with van der Waals surface area (Å²) < 4.78 is 3.10. The van der Waals surface area contributed by atoms with E-state index in [4.69, 9.17) is 0 Å². The zero-order valence-electron chi connectivity index (χ0n) is 8.24. The topological polar surface area (TPSA) is 22.0 Å². The van der Waals surface area contributed by atoms with Gasteiger partial charge < -0.3 is 4.57 Å². The highest BCUT2D eigenvalue weighted by molar-refractivity contribution is 9.11. The van der Waals surface area contributed by atoms with Crippen LogP contribution in [0.4, 0.5) is 0 Å². The largest absolute Gasteiger partial charge is 0.341 e. The van der Waals surface area contributed by atoms with Gasteiger partial charge in [-0.2, -0.15) is 0 Å². The predicted octanol–water partition coefficient (Wildman–Crippen LogP) is 3.56. The fourth-order valence-corrected chi connectivity index (χ4v) is 2.70. The van der Waals surface area contributed by atoms with E-state index in [1.165, 1.54) is 5.56 Å². The van der Waals surface area contributed by atoms with Crippen molar-refractivity contribution in [1.29, 1.82) is 0 Å². The Morgan fingerprint density at radius 3 is 2.93 bits per heavy atom. The van der Waals surface area contributed by atoms with Gasteiger partial charge in [-0.3, -0.25) is 4.79 Å². The summed E-state index contributed by atoms with van der Waals surface area (Å²) in [7, 11) is 0. The second-order valence-corrected chi connectivity index (χ2v) is 5.53. The monoisotopic (exact) mass is 283 g/mol. The van der Waals surface area contributed by atoms with Crippen LogP contribution in [-0.2, 0) is 6.54 Å². The Morgan fingerprint density at radius 1 is 1.53 bits per heavy atom. The zero-order chi connectivity index (χ0) is 10.8. The van der Waals surface area contributed by atoms with E-state index >= 15 is 0 Å². The highest BCUT2D eigenvalue weighted by Gasteiger charge is 2.08. The predicted molar refractivity (Wildman–Crippen MR) is 65.6 cm³/mol. The number of Topliss-reactive ketones (excluding diaryl/α,β-unsaturated/α-hetero) is 1. The summed E-state index contributed by atoms with van der Waals surface area (Å²) in [5.74, 6) is 0.103. The van der Waals surface area contributed by atoms with Crippen molar-refractivity contribution in [3.8, 4) is 0 Å². The van der Waals surface area contributed by atoms with Crippen LogP contribution in [0, 0.1) is 0 Å². The lowest BCUT2D eigenvalue weighted by Crippen LogP contribution is -2.06. The van der Waals surface area contributed by atoms with Gasteiger partial charge in [0.1, 0.15) is 0 Å². The van der Waals surface area contributed by atoms with Crippen molar-refractivity contribution in [3.63, 3.8) is 0 Å². The van der Waals surface area contributed by atoms with Crippen LogP contribution in [0.1, 0.15) is 23.0 Å². The minimum absolute atomic E-state index is 0.103. The van der Waals surface area contributed by atoms with Gasteiger partial charge in [-0.05, 0) is 45.1 Å². The Morgan fingerprint density at radius 2 is 2.33 bits per heavy atom. The number of nitrogens with zero attached hydrogens (tertiary/aromatic N) is 1. The van der Waals surface area contributed by atoms with Gasteiger partial charge in [-0.25, -0.2) is 0 Å². The van der Waals surface area contributed by atoms with Crippen LogP contribution in [0.2, 0.25) is 0 Å². The summed E-state index contributed by atoms with van der Waals surface area (Å²) in [5.41, 5.74) is 1.96. The number of hydrogen-bond donors (Lipinski definition) is 0. The first-order valence-corrected chi connectivity index (χ1v) is 6.23. The van der Waals surface area contributed by atoms with Crippen LogP contribution >= 0.6 is 27.3 Å². The maximum Gasteiger partial charge on any atom is 0.176 e. The summed E-state index contributed by atoms with van der Waals surface area (Å²) >= 11 is 5.15. The third-order valence-corrected chi connectivity index (χ3v) is 4.04. The quantitative estimate of drug-likeness (QED) is 0.790. The molecule has 0 saturated heterocycles. The Bertz CT molecular complexity index is 486. The van der Waals surface area contributed by atoms with E-state index in [2.05, 4.69) is 22.0 Å². The Kier molecular flexibility index (Phi) is 3.07. The van der Waals surface area contributed by atoms with Crippen LogP contribution in [0.5, 0.6) is 0 Å². The molecule has 0 aliphatic rings. The zero-order valence-corrected chi connectivity index (χ0v) is 10.6. The van der Waals surface area contributed by atoms with E-state index in [1.54, 1.807) is 18.3 Å². The van der Waals surface area contributed by atoms with Crippen LogP contribution in [0.25, 0.3) is 0 Å². The van der Waals surface area contributed by atoms with Crippen LogP contribution in [0.15, 0.2) is 33.6 Å². The standard InChI is InChI=1S/C11H10BrNOS/c1-8(14)10-3-2-5-13(10)7-9-4-6-15-11(9)12/h2-6H,7H2,1H3. The lowest BCUT2D eigenvalue weighted by molar-refractivity contribution is 0.100. The third kappa shape index (κ3) is 2.21. The van der Waals surface area contributed by atoms with Crippen molar-refractivity contribution in [1.82, 2.24) is 4.57 Å². The molecular formula is C11H10BrNOS. The Hall–Kier alpha value is -0.870. The van der Waals surface area contributed by atoms with Gasteiger partial charge in [0.05, 0.1) is 9.48 Å². The van der Waals surface area contributed by atoms with Gasteiger partial charge in [0, 0.05) is 19.7 Å². The number of hydrogen-bond acceptors (Lipinski definition) is 2. The fourth-order valence-electron chi connectivity index (χ4n) is 1.49. The normalized spacial score (nSPS) is 10.5. The highest BCUT2D eigenvalue weighted by atomic mass is 79.9. The molecule has 0 aromatic carbocycles. The number of rotatable bonds is 3. The molecule has 2 heterocycles. The summed E-state index contributed by atoms with van der Waals surface area (Å²) in [6.07, 6.45) is 1.93. The molecule has 0 fully saturated rings. The number of halogens is 1. The molecule has 0 radical (unpaired) electrons.